The Bertz CT molecular complexity index is 201. The molecular weight excluding hydrogens is 204 g/mol. The molecule has 0 saturated heterocycles. The van der Waals surface area contributed by atoms with E-state index >= 15 is 0 Å². The summed E-state index contributed by atoms with van der Waals surface area (Å²) in [6.07, 6.45) is 4.29. The Hall–Kier alpha value is -0.900. The molecule has 0 heterocycles. The average molecular weight is 231 g/mol. The van der Waals surface area contributed by atoms with E-state index in [4.69, 9.17) is 5.73 Å². The molecule has 4 heteroatoms. The van der Waals surface area contributed by atoms with Crippen LogP contribution in [0, 0.1) is 5.92 Å². The molecule has 1 fully saturated rings. The van der Waals surface area contributed by atoms with E-state index in [1.54, 1.807) is 0 Å². The lowest BCUT2D eigenvalue weighted by Gasteiger charge is -2.25. The molecule has 16 heavy (non-hydrogen) atoms. The number of quaternary nitrogens is 1. The summed E-state index contributed by atoms with van der Waals surface area (Å²) >= 11 is 0. The highest BCUT2D eigenvalue weighted by atomic mass is 16.2. The summed E-state index contributed by atoms with van der Waals surface area (Å²) in [4.78, 5) is 21.4. The first-order valence-corrected chi connectivity index (χ1v) is 6.28. The molecule has 5 N–H and O–H groups in total. The van der Waals surface area contributed by atoms with Gasteiger partial charge in [-0.2, -0.15) is 0 Å². The fraction of sp³-hybridized carbons (Fsp3) is 0.833. The molecule has 1 rings (SSSR count). The van der Waals surface area contributed by atoms with Gasteiger partial charge in [0.2, 0.25) is 0 Å². The van der Waals surface area contributed by atoms with Crippen molar-refractivity contribution in [2.24, 2.45) is 11.7 Å². The van der Waals surface area contributed by atoms with Gasteiger partial charge >= 0.3 is 0 Å². The molecular formula is C12H27N2O2+. The van der Waals surface area contributed by atoms with Crippen LogP contribution in [0.25, 0.3) is 0 Å². The Morgan fingerprint density at radius 2 is 1.69 bits per heavy atom. The maximum atomic E-state index is 11.0. The lowest BCUT2D eigenvalue weighted by molar-refractivity contribution is -0.406. The number of rotatable bonds is 4. The Morgan fingerprint density at radius 1 is 1.25 bits per heavy atom. The van der Waals surface area contributed by atoms with E-state index in [9.17, 15) is 9.59 Å². The predicted molar refractivity (Wildman–Crippen MR) is 65.5 cm³/mol. The van der Waals surface area contributed by atoms with E-state index in [2.05, 4.69) is 5.73 Å². The van der Waals surface area contributed by atoms with Crippen molar-refractivity contribution in [3.8, 4) is 0 Å². The van der Waals surface area contributed by atoms with Gasteiger partial charge < -0.3 is 11.5 Å². The molecule has 1 atom stereocenters. The molecule has 1 aliphatic rings. The quantitative estimate of drug-likeness (QED) is 0.704. The molecule has 1 amide bonds. The van der Waals surface area contributed by atoms with Gasteiger partial charge in [0, 0.05) is 6.42 Å². The average Bonchev–Trinajstić information content (AvgIpc) is 2.27. The van der Waals surface area contributed by atoms with Crippen molar-refractivity contribution in [3.63, 3.8) is 0 Å². The second-order valence-corrected chi connectivity index (χ2v) is 3.46. The number of carbonyl (C=O) groups is 2. The standard InChI is InChI=1S/C8H14N2O2.2C2H6/c9-6(7(11)8(10)12)4-5-2-1-3-5;2*1-2/h5-6H,1-4,9H2,(H2,10,12);2*1-2H3/p+1. The molecule has 0 aromatic heterocycles. The molecule has 0 aromatic rings. The van der Waals surface area contributed by atoms with E-state index in [-0.39, 0.29) is 0 Å². The number of Topliss-reactive ketones (excluding diaryl/α,β-unsaturated/α-hetero) is 1. The largest absolute Gasteiger partial charge is 0.363 e. The van der Waals surface area contributed by atoms with Crippen LogP contribution in [0.15, 0.2) is 0 Å². The first-order chi connectivity index (χ1) is 7.61. The number of carbonyl (C=O) groups excluding carboxylic acids is 2. The molecule has 1 aliphatic carbocycles. The Kier molecular flexibility index (Phi) is 11.6. The smallest absolute Gasteiger partial charge is 0.291 e. The number of primary amides is 1. The number of nitrogens with two attached hydrogens (primary N) is 1. The van der Waals surface area contributed by atoms with Crippen molar-refractivity contribution in [2.45, 2.75) is 59.4 Å². The first-order valence-electron chi connectivity index (χ1n) is 6.28. The molecule has 0 bridgehead atoms. The maximum Gasteiger partial charge on any atom is 0.291 e. The maximum absolute atomic E-state index is 11.0. The minimum Gasteiger partial charge on any atom is -0.363 e. The normalized spacial score (nSPS) is 15.6. The fourth-order valence-corrected chi connectivity index (χ4v) is 1.44. The van der Waals surface area contributed by atoms with Crippen LogP contribution in [0.2, 0.25) is 0 Å². The first kappa shape index (κ1) is 17.5. The zero-order chi connectivity index (χ0) is 13.1. The molecule has 1 unspecified atom stereocenters. The highest BCUT2D eigenvalue weighted by Crippen LogP contribution is 2.29. The predicted octanol–water partition coefficient (Wildman–Crippen LogP) is 0.894. The van der Waals surface area contributed by atoms with Crippen LogP contribution in [0.1, 0.15) is 53.4 Å². The molecule has 4 nitrogen and oxygen atoms in total. The topological polar surface area (TPSA) is 87.8 Å². The minimum absolute atomic E-state index is 0.423. The molecule has 0 spiro atoms. The van der Waals surface area contributed by atoms with E-state index in [0.717, 1.165) is 19.3 Å². The lowest BCUT2D eigenvalue weighted by atomic mass is 9.80. The number of amides is 1. The van der Waals surface area contributed by atoms with Gasteiger partial charge in [-0.05, 0) is 5.92 Å². The third kappa shape index (κ3) is 6.56. The van der Waals surface area contributed by atoms with Crippen molar-refractivity contribution >= 4 is 11.7 Å². The third-order valence-corrected chi connectivity index (χ3v) is 2.46. The van der Waals surface area contributed by atoms with E-state index in [1.807, 2.05) is 27.7 Å². The number of hydrogen-bond donors (Lipinski definition) is 2. The second-order valence-electron chi connectivity index (χ2n) is 3.46. The van der Waals surface area contributed by atoms with Crippen molar-refractivity contribution < 1.29 is 15.3 Å². The molecule has 96 valence electrons. The summed E-state index contributed by atoms with van der Waals surface area (Å²) in [6, 6.07) is -0.423. The van der Waals surface area contributed by atoms with E-state index in [1.165, 1.54) is 6.42 Å². The monoisotopic (exact) mass is 231 g/mol. The Morgan fingerprint density at radius 3 is 1.94 bits per heavy atom. The summed E-state index contributed by atoms with van der Waals surface area (Å²) in [6.45, 7) is 8.00. The van der Waals surface area contributed by atoms with Crippen molar-refractivity contribution in [2.75, 3.05) is 0 Å². The zero-order valence-corrected chi connectivity index (χ0v) is 11.1. The molecule has 0 radical (unpaired) electrons. The van der Waals surface area contributed by atoms with Crippen LogP contribution in [0.4, 0.5) is 0 Å². The summed E-state index contributed by atoms with van der Waals surface area (Å²) in [5.41, 5.74) is 8.47. The van der Waals surface area contributed by atoms with Gasteiger partial charge in [0.1, 0.15) is 0 Å². The van der Waals surface area contributed by atoms with Gasteiger partial charge in [0.15, 0.2) is 6.04 Å². The summed E-state index contributed by atoms with van der Waals surface area (Å²) in [5, 5.41) is 0. The zero-order valence-electron chi connectivity index (χ0n) is 11.1. The van der Waals surface area contributed by atoms with Gasteiger partial charge in [0.25, 0.3) is 11.7 Å². The van der Waals surface area contributed by atoms with Crippen LogP contribution in [0.3, 0.4) is 0 Å². The van der Waals surface area contributed by atoms with Crippen molar-refractivity contribution in [3.05, 3.63) is 0 Å². The van der Waals surface area contributed by atoms with Crippen LogP contribution >= 0.6 is 0 Å². The number of hydrogen-bond acceptors (Lipinski definition) is 2. The van der Waals surface area contributed by atoms with Crippen LogP contribution < -0.4 is 11.5 Å². The van der Waals surface area contributed by atoms with Gasteiger partial charge in [-0.15, -0.1) is 0 Å². The van der Waals surface area contributed by atoms with Gasteiger partial charge in [-0.25, -0.2) is 0 Å². The highest BCUT2D eigenvalue weighted by Gasteiger charge is 2.28. The summed E-state index contributed by atoms with van der Waals surface area (Å²) in [7, 11) is 0. The summed E-state index contributed by atoms with van der Waals surface area (Å²) < 4.78 is 0. The van der Waals surface area contributed by atoms with Gasteiger partial charge in [-0.1, -0.05) is 47.0 Å². The molecule has 1 saturated carbocycles. The second kappa shape index (κ2) is 10.6. The van der Waals surface area contributed by atoms with Gasteiger partial charge in [0.05, 0.1) is 0 Å². The number of ketones is 1. The molecule has 0 aliphatic heterocycles. The fourth-order valence-electron chi connectivity index (χ4n) is 1.44. The van der Waals surface area contributed by atoms with E-state index < -0.39 is 17.7 Å². The third-order valence-electron chi connectivity index (χ3n) is 2.46. The van der Waals surface area contributed by atoms with E-state index in [0.29, 0.717) is 5.92 Å². The SMILES string of the molecule is CC.CC.NC(=O)C(=O)C([NH3+])CC1CCC1. The highest BCUT2D eigenvalue weighted by molar-refractivity contribution is 6.37. The van der Waals surface area contributed by atoms with Gasteiger partial charge in [-0.3, -0.25) is 9.59 Å². The lowest BCUT2D eigenvalue weighted by Crippen LogP contribution is -2.67. The Labute approximate surface area is 98.8 Å². The Balaban J connectivity index is 0. The van der Waals surface area contributed by atoms with Crippen LogP contribution in [-0.4, -0.2) is 17.7 Å². The minimum atomic E-state index is -0.852. The molecule has 0 aromatic carbocycles. The summed E-state index contributed by atoms with van der Waals surface area (Å²) in [5.74, 6) is -0.785. The van der Waals surface area contributed by atoms with Crippen molar-refractivity contribution in [1.29, 1.82) is 0 Å². The van der Waals surface area contributed by atoms with Crippen molar-refractivity contribution in [1.82, 2.24) is 0 Å². The van der Waals surface area contributed by atoms with Crippen LogP contribution in [0.5, 0.6) is 0 Å². The van der Waals surface area contributed by atoms with Crippen LogP contribution in [-0.2, 0) is 9.59 Å².